The van der Waals surface area contributed by atoms with Crippen molar-refractivity contribution in [3.8, 4) is 0 Å². The van der Waals surface area contributed by atoms with Crippen LogP contribution in [0.5, 0.6) is 0 Å². The van der Waals surface area contributed by atoms with E-state index < -0.39 is 5.60 Å². The third-order valence-electron chi connectivity index (χ3n) is 3.99. The van der Waals surface area contributed by atoms with Gasteiger partial charge in [0.1, 0.15) is 11.4 Å². The van der Waals surface area contributed by atoms with Crippen LogP contribution in [0.1, 0.15) is 64.6 Å². The van der Waals surface area contributed by atoms with E-state index in [1.54, 1.807) is 0 Å². The number of hydrogen-bond donors (Lipinski definition) is 0. The Morgan fingerprint density at radius 1 is 1.50 bits per heavy atom. The summed E-state index contributed by atoms with van der Waals surface area (Å²) in [6, 6.07) is 0. The van der Waals surface area contributed by atoms with E-state index in [2.05, 4.69) is 17.1 Å². The number of ether oxygens (including phenoxy) is 1. The monoisotopic (exact) mass is 280 g/mol. The van der Waals surface area contributed by atoms with Crippen molar-refractivity contribution in [3.63, 3.8) is 0 Å². The van der Waals surface area contributed by atoms with Gasteiger partial charge in [-0.15, -0.1) is 0 Å². The molecule has 0 saturated heterocycles. The lowest BCUT2D eigenvalue weighted by atomic mass is 9.78. The Labute approximate surface area is 120 Å². The molecule has 2 atom stereocenters. The van der Waals surface area contributed by atoms with Crippen molar-refractivity contribution < 1.29 is 14.1 Å². The molecule has 0 bridgehead atoms. The molecule has 5 heteroatoms. The number of Topliss-reactive ketones (excluding diaryl/α,β-unsaturated/α-hetero) is 1. The van der Waals surface area contributed by atoms with Gasteiger partial charge in [-0.05, 0) is 32.1 Å². The van der Waals surface area contributed by atoms with Gasteiger partial charge < -0.3 is 9.26 Å². The minimum absolute atomic E-state index is 0.114. The summed E-state index contributed by atoms with van der Waals surface area (Å²) in [4.78, 5) is 15.9. The van der Waals surface area contributed by atoms with Gasteiger partial charge in [0.05, 0.1) is 6.42 Å². The molecule has 0 N–H and O–H groups in total. The number of nitrogens with zero attached hydrogens (tertiary/aromatic N) is 2. The Balaban J connectivity index is 2.19. The second-order valence-corrected chi connectivity index (χ2v) is 5.71. The van der Waals surface area contributed by atoms with Gasteiger partial charge in [-0.2, -0.15) is 4.98 Å². The van der Waals surface area contributed by atoms with Crippen LogP contribution in [-0.2, 0) is 21.6 Å². The number of aromatic nitrogens is 2. The molecule has 1 aromatic heterocycles. The Morgan fingerprint density at radius 2 is 2.30 bits per heavy atom. The molecule has 1 heterocycles. The Bertz CT molecular complexity index is 454. The van der Waals surface area contributed by atoms with Gasteiger partial charge in [-0.25, -0.2) is 0 Å². The molecule has 5 nitrogen and oxygen atoms in total. The van der Waals surface area contributed by atoms with Gasteiger partial charge in [0.25, 0.3) is 0 Å². The first-order valence-corrected chi connectivity index (χ1v) is 7.58. The Morgan fingerprint density at radius 3 is 2.95 bits per heavy atom. The van der Waals surface area contributed by atoms with Crippen LogP contribution in [-0.4, -0.2) is 22.5 Å². The van der Waals surface area contributed by atoms with Crippen molar-refractivity contribution in [1.82, 2.24) is 10.1 Å². The highest BCUT2D eigenvalue weighted by atomic mass is 16.5. The fourth-order valence-electron chi connectivity index (χ4n) is 2.98. The zero-order chi connectivity index (χ0) is 14.6. The third kappa shape index (κ3) is 3.26. The fourth-order valence-corrected chi connectivity index (χ4v) is 2.98. The van der Waals surface area contributed by atoms with Gasteiger partial charge >= 0.3 is 0 Å². The molecular formula is C15H24N2O3. The summed E-state index contributed by atoms with van der Waals surface area (Å²) in [7, 11) is 0. The van der Waals surface area contributed by atoms with Crippen LogP contribution in [0.25, 0.3) is 0 Å². The first-order valence-electron chi connectivity index (χ1n) is 7.58. The topological polar surface area (TPSA) is 65.2 Å². The molecular weight excluding hydrogens is 256 g/mol. The van der Waals surface area contributed by atoms with Crippen molar-refractivity contribution in [2.24, 2.45) is 5.92 Å². The largest absolute Gasteiger partial charge is 0.367 e. The molecule has 0 spiro atoms. The fraction of sp³-hybridized carbons (Fsp3) is 0.800. The highest BCUT2D eigenvalue weighted by Crippen LogP contribution is 2.41. The van der Waals surface area contributed by atoms with Crippen LogP contribution in [0, 0.1) is 5.92 Å². The van der Waals surface area contributed by atoms with Crippen LogP contribution in [0.15, 0.2) is 4.52 Å². The predicted octanol–water partition coefficient (Wildman–Crippen LogP) is 3.03. The van der Waals surface area contributed by atoms with Gasteiger partial charge in [0.2, 0.25) is 11.7 Å². The second-order valence-electron chi connectivity index (χ2n) is 5.71. The van der Waals surface area contributed by atoms with E-state index in [1.165, 1.54) is 6.42 Å². The van der Waals surface area contributed by atoms with Gasteiger partial charge in [0, 0.05) is 13.0 Å². The molecule has 2 unspecified atom stereocenters. The molecule has 0 aliphatic heterocycles. The Hall–Kier alpha value is -1.23. The average molecular weight is 280 g/mol. The van der Waals surface area contributed by atoms with Crippen molar-refractivity contribution in [2.75, 3.05) is 6.61 Å². The van der Waals surface area contributed by atoms with E-state index >= 15 is 0 Å². The number of rotatable bonds is 6. The SMILES string of the molecule is CCOC1(c2noc(CC(=O)CC)n2)CCCC(C)C1. The molecule has 1 aliphatic carbocycles. The van der Waals surface area contributed by atoms with Crippen molar-refractivity contribution in [2.45, 2.75) is 64.9 Å². The van der Waals surface area contributed by atoms with E-state index in [4.69, 9.17) is 9.26 Å². The molecule has 0 aromatic carbocycles. The number of ketones is 1. The maximum atomic E-state index is 11.5. The first-order chi connectivity index (χ1) is 9.59. The average Bonchev–Trinajstić information content (AvgIpc) is 2.88. The van der Waals surface area contributed by atoms with Crippen LogP contribution in [0.2, 0.25) is 0 Å². The Kier molecular flexibility index (Phi) is 4.91. The smallest absolute Gasteiger partial charge is 0.234 e. The highest BCUT2D eigenvalue weighted by Gasteiger charge is 2.41. The van der Waals surface area contributed by atoms with Gasteiger partial charge in [-0.3, -0.25) is 4.79 Å². The lowest BCUT2D eigenvalue weighted by Gasteiger charge is -2.37. The van der Waals surface area contributed by atoms with E-state index in [0.717, 1.165) is 19.3 Å². The van der Waals surface area contributed by atoms with Gasteiger partial charge in [0.15, 0.2) is 0 Å². The van der Waals surface area contributed by atoms with E-state index in [-0.39, 0.29) is 12.2 Å². The standard InChI is InChI=1S/C15H24N2O3/c1-4-12(18)9-13-16-14(17-20-13)15(19-5-2)8-6-7-11(3)10-15/h11H,4-10H2,1-3H3. The lowest BCUT2D eigenvalue weighted by Crippen LogP contribution is -2.36. The first kappa shape index (κ1) is 15.2. The maximum Gasteiger partial charge on any atom is 0.234 e. The number of carbonyl (C=O) groups excluding carboxylic acids is 1. The van der Waals surface area contributed by atoms with E-state index in [0.29, 0.717) is 30.7 Å². The summed E-state index contributed by atoms with van der Waals surface area (Å²) < 4.78 is 11.2. The summed E-state index contributed by atoms with van der Waals surface area (Å²) in [6.45, 7) is 6.69. The highest BCUT2D eigenvalue weighted by molar-refractivity contribution is 5.79. The quantitative estimate of drug-likeness (QED) is 0.801. The zero-order valence-corrected chi connectivity index (χ0v) is 12.6. The molecule has 20 heavy (non-hydrogen) atoms. The molecule has 2 rings (SSSR count). The summed E-state index contributed by atoms with van der Waals surface area (Å²) in [5.41, 5.74) is -0.427. The van der Waals surface area contributed by atoms with Crippen LogP contribution >= 0.6 is 0 Å². The third-order valence-corrected chi connectivity index (χ3v) is 3.99. The predicted molar refractivity (Wildman–Crippen MR) is 74.2 cm³/mol. The number of carbonyl (C=O) groups is 1. The van der Waals surface area contributed by atoms with Crippen molar-refractivity contribution >= 4 is 5.78 Å². The van der Waals surface area contributed by atoms with E-state index in [9.17, 15) is 4.79 Å². The van der Waals surface area contributed by atoms with Crippen molar-refractivity contribution in [1.29, 1.82) is 0 Å². The summed E-state index contributed by atoms with van der Waals surface area (Å²) >= 11 is 0. The minimum Gasteiger partial charge on any atom is -0.367 e. The van der Waals surface area contributed by atoms with Crippen LogP contribution in [0.3, 0.4) is 0 Å². The van der Waals surface area contributed by atoms with Crippen LogP contribution < -0.4 is 0 Å². The summed E-state index contributed by atoms with van der Waals surface area (Å²) in [6.07, 6.45) is 4.88. The van der Waals surface area contributed by atoms with Crippen molar-refractivity contribution in [3.05, 3.63) is 11.7 Å². The van der Waals surface area contributed by atoms with Gasteiger partial charge in [-0.1, -0.05) is 25.4 Å². The molecule has 1 saturated carbocycles. The molecule has 1 aliphatic rings. The van der Waals surface area contributed by atoms with E-state index in [1.807, 2.05) is 13.8 Å². The second kappa shape index (κ2) is 6.48. The zero-order valence-electron chi connectivity index (χ0n) is 12.6. The lowest BCUT2D eigenvalue weighted by molar-refractivity contribution is -0.118. The number of hydrogen-bond acceptors (Lipinski definition) is 5. The minimum atomic E-state index is -0.427. The molecule has 112 valence electrons. The summed E-state index contributed by atoms with van der Waals surface area (Å²) in [5, 5.41) is 4.09. The molecule has 1 aromatic rings. The summed E-state index contributed by atoms with van der Waals surface area (Å²) in [5.74, 6) is 1.73. The molecule has 1 fully saturated rings. The molecule has 0 amide bonds. The van der Waals surface area contributed by atoms with Crippen LogP contribution in [0.4, 0.5) is 0 Å². The normalized spacial score (nSPS) is 26.6. The maximum absolute atomic E-state index is 11.5. The molecule has 0 radical (unpaired) electrons.